The van der Waals surface area contributed by atoms with E-state index in [9.17, 15) is 4.79 Å². The highest BCUT2D eigenvalue weighted by atomic mass is 16.4. The molecule has 0 atom stereocenters. The number of carbonyl (C=O) groups is 1. The molecule has 0 unspecified atom stereocenters. The molecule has 0 aliphatic carbocycles. The maximum atomic E-state index is 10.8. The Balaban J connectivity index is 1.50. The van der Waals surface area contributed by atoms with Crippen LogP contribution in [0.4, 0.5) is 0 Å². The van der Waals surface area contributed by atoms with Gasteiger partial charge < -0.3 is 14.8 Å². The van der Waals surface area contributed by atoms with Crippen molar-refractivity contribution < 1.29 is 14.3 Å². The summed E-state index contributed by atoms with van der Waals surface area (Å²) in [5, 5.41) is 12.1. The third-order valence-corrected chi connectivity index (χ3v) is 3.77. The summed E-state index contributed by atoms with van der Waals surface area (Å²) in [5.74, 6) is -0.458. The zero-order chi connectivity index (χ0) is 16.8. The second-order valence-corrected chi connectivity index (χ2v) is 5.65. The SMILES string of the molecule is O=C(O)c1ccc(CNCc2ccc(Cc3ccccc3)cc2)o1. The van der Waals surface area contributed by atoms with Crippen molar-refractivity contribution in [1.29, 1.82) is 0 Å². The molecule has 4 heteroatoms. The Morgan fingerprint density at radius 1 is 0.833 bits per heavy atom. The lowest BCUT2D eigenvalue weighted by Crippen LogP contribution is -2.12. The lowest BCUT2D eigenvalue weighted by atomic mass is 10.0. The Morgan fingerprint density at radius 3 is 2.17 bits per heavy atom. The van der Waals surface area contributed by atoms with Crippen molar-refractivity contribution in [1.82, 2.24) is 5.32 Å². The molecule has 0 bridgehead atoms. The molecule has 1 heterocycles. The zero-order valence-electron chi connectivity index (χ0n) is 13.2. The first-order valence-electron chi connectivity index (χ1n) is 7.85. The molecule has 0 amide bonds. The minimum absolute atomic E-state index is 0.0305. The fourth-order valence-corrected chi connectivity index (χ4v) is 2.52. The molecule has 4 nitrogen and oxygen atoms in total. The molecule has 3 rings (SSSR count). The first-order valence-corrected chi connectivity index (χ1v) is 7.85. The second kappa shape index (κ2) is 7.62. The van der Waals surface area contributed by atoms with Gasteiger partial charge in [-0.15, -0.1) is 0 Å². The van der Waals surface area contributed by atoms with Crippen LogP contribution in [0.25, 0.3) is 0 Å². The molecule has 122 valence electrons. The van der Waals surface area contributed by atoms with Gasteiger partial charge >= 0.3 is 5.97 Å². The lowest BCUT2D eigenvalue weighted by Gasteiger charge is -2.06. The summed E-state index contributed by atoms with van der Waals surface area (Å²) >= 11 is 0. The van der Waals surface area contributed by atoms with Gasteiger partial charge in [0.15, 0.2) is 0 Å². The highest BCUT2D eigenvalue weighted by molar-refractivity contribution is 5.84. The van der Waals surface area contributed by atoms with Crippen molar-refractivity contribution in [2.75, 3.05) is 0 Å². The van der Waals surface area contributed by atoms with Crippen molar-refractivity contribution in [3.8, 4) is 0 Å². The number of rotatable bonds is 7. The summed E-state index contributed by atoms with van der Waals surface area (Å²) in [6.45, 7) is 1.20. The number of carboxylic acid groups (broad SMARTS) is 1. The van der Waals surface area contributed by atoms with E-state index < -0.39 is 5.97 Å². The molecule has 24 heavy (non-hydrogen) atoms. The average molecular weight is 321 g/mol. The van der Waals surface area contributed by atoms with Crippen molar-refractivity contribution >= 4 is 5.97 Å². The van der Waals surface area contributed by atoms with Crippen molar-refractivity contribution in [3.05, 3.63) is 94.9 Å². The third-order valence-electron chi connectivity index (χ3n) is 3.77. The van der Waals surface area contributed by atoms with Crippen molar-refractivity contribution in [3.63, 3.8) is 0 Å². The van der Waals surface area contributed by atoms with Gasteiger partial charge in [-0.2, -0.15) is 0 Å². The zero-order valence-corrected chi connectivity index (χ0v) is 13.2. The van der Waals surface area contributed by atoms with Crippen LogP contribution < -0.4 is 5.32 Å². The molecule has 0 saturated heterocycles. The van der Waals surface area contributed by atoms with E-state index in [-0.39, 0.29) is 5.76 Å². The molecule has 3 aromatic rings. The standard InChI is InChI=1S/C20H19NO3/c22-20(23)19-11-10-18(24-19)14-21-13-17-8-6-16(7-9-17)12-15-4-2-1-3-5-15/h1-11,21H,12-14H2,(H,22,23). The molecule has 0 aliphatic heterocycles. The summed E-state index contributed by atoms with van der Waals surface area (Å²) in [5.41, 5.74) is 3.76. The van der Waals surface area contributed by atoms with E-state index in [0.717, 1.165) is 6.42 Å². The predicted octanol–water partition coefficient (Wildman–Crippen LogP) is 3.86. The van der Waals surface area contributed by atoms with E-state index in [2.05, 4.69) is 53.8 Å². The van der Waals surface area contributed by atoms with Crippen LogP contribution in [0, 0.1) is 0 Å². The van der Waals surface area contributed by atoms with Crippen molar-refractivity contribution in [2.24, 2.45) is 0 Å². The Bertz CT molecular complexity index is 791. The first kappa shape index (κ1) is 16.0. The summed E-state index contributed by atoms with van der Waals surface area (Å²) in [7, 11) is 0. The van der Waals surface area contributed by atoms with Crippen molar-refractivity contribution in [2.45, 2.75) is 19.5 Å². The molecule has 2 N–H and O–H groups in total. The van der Waals surface area contributed by atoms with Gasteiger partial charge in [-0.25, -0.2) is 4.79 Å². The fraction of sp³-hybridized carbons (Fsp3) is 0.150. The number of aromatic carboxylic acids is 1. The van der Waals surface area contributed by atoms with E-state index in [4.69, 9.17) is 9.52 Å². The minimum Gasteiger partial charge on any atom is -0.475 e. The van der Waals surface area contributed by atoms with Crippen LogP contribution in [0.15, 0.2) is 71.1 Å². The molecule has 1 aromatic heterocycles. The topological polar surface area (TPSA) is 62.5 Å². The van der Waals surface area contributed by atoms with Crippen LogP contribution in [0.5, 0.6) is 0 Å². The summed E-state index contributed by atoms with van der Waals surface area (Å²) in [4.78, 5) is 10.8. The summed E-state index contributed by atoms with van der Waals surface area (Å²) < 4.78 is 5.21. The van der Waals surface area contributed by atoms with E-state index in [1.165, 1.54) is 22.8 Å². The number of benzene rings is 2. The van der Waals surface area contributed by atoms with E-state index in [1.54, 1.807) is 6.07 Å². The van der Waals surface area contributed by atoms with Gasteiger partial charge in [0.05, 0.1) is 6.54 Å². The molecular formula is C20H19NO3. The van der Waals surface area contributed by atoms with Crippen LogP contribution in [-0.2, 0) is 19.5 Å². The fourth-order valence-electron chi connectivity index (χ4n) is 2.52. The van der Waals surface area contributed by atoms with Crippen LogP contribution in [0.3, 0.4) is 0 Å². The van der Waals surface area contributed by atoms with E-state index in [0.29, 0.717) is 18.8 Å². The second-order valence-electron chi connectivity index (χ2n) is 5.65. The predicted molar refractivity (Wildman–Crippen MR) is 91.9 cm³/mol. The largest absolute Gasteiger partial charge is 0.475 e. The monoisotopic (exact) mass is 321 g/mol. The molecule has 0 saturated carbocycles. The quantitative estimate of drug-likeness (QED) is 0.693. The Labute approximate surface area is 140 Å². The summed E-state index contributed by atoms with van der Waals surface area (Å²) in [6, 6.07) is 22.0. The first-order chi connectivity index (χ1) is 11.7. The highest BCUT2D eigenvalue weighted by Crippen LogP contribution is 2.11. The third kappa shape index (κ3) is 4.33. The number of furan rings is 1. The van der Waals surface area contributed by atoms with Gasteiger partial charge in [-0.1, -0.05) is 54.6 Å². The van der Waals surface area contributed by atoms with Crippen LogP contribution in [-0.4, -0.2) is 11.1 Å². The van der Waals surface area contributed by atoms with Gasteiger partial charge in [0.25, 0.3) is 0 Å². The lowest BCUT2D eigenvalue weighted by molar-refractivity contribution is 0.0660. The number of carboxylic acids is 1. The molecule has 0 spiro atoms. The molecule has 0 radical (unpaired) electrons. The number of hydrogen-bond acceptors (Lipinski definition) is 3. The minimum atomic E-state index is -1.05. The number of nitrogens with one attached hydrogen (secondary N) is 1. The average Bonchev–Trinajstić information content (AvgIpc) is 3.07. The maximum Gasteiger partial charge on any atom is 0.371 e. The maximum absolute atomic E-state index is 10.8. The molecule has 2 aromatic carbocycles. The smallest absolute Gasteiger partial charge is 0.371 e. The Morgan fingerprint density at radius 2 is 1.50 bits per heavy atom. The van der Waals surface area contributed by atoms with E-state index in [1.807, 2.05) is 6.07 Å². The van der Waals surface area contributed by atoms with Gasteiger partial charge in [-0.05, 0) is 35.2 Å². The van der Waals surface area contributed by atoms with Crippen LogP contribution >= 0.6 is 0 Å². The van der Waals surface area contributed by atoms with E-state index >= 15 is 0 Å². The van der Waals surface area contributed by atoms with Crippen LogP contribution in [0.1, 0.15) is 33.0 Å². The molecular weight excluding hydrogens is 302 g/mol. The van der Waals surface area contributed by atoms with Crippen LogP contribution in [0.2, 0.25) is 0 Å². The Kier molecular flexibility index (Phi) is 5.08. The van der Waals surface area contributed by atoms with Gasteiger partial charge in [0.2, 0.25) is 5.76 Å². The highest BCUT2D eigenvalue weighted by Gasteiger charge is 2.08. The normalized spacial score (nSPS) is 10.7. The van der Waals surface area contributed by atoms with Gasteiger partial charge in [0.1, 0.15) is 5.76 Å². The summed E-state index contributed by atoms with van der Waals surface area (Å²) in [6.07, 6.45) is 0.929. The van der Waals surface area contributed by atoms with Gasteiger partial charge in [0, 0.05) is 6.54 Å². The molecule has 0 fully saturated rings. The Hall–Kier alpha value is -2.85. The number of hydrogen-bond donors (Lipinski definition) is 2. The van der Waals surface area contributed by atoms with Gasteiger partial charge in [-0.3, -0.25) is 0 Å². The molecule has 0 aliphatic rings.